The Labute approximate surface area is 227 Å². The van der Waals surface area contributed by atoms with Crippen LogP contribution in [0.3, 0.4) is 0 Å². The van der Waals surface area contributed by atoms with Gasteiger partial charge in [-0.1, -0.05) is 80.7 Å². The van der Waals surface area contributed by atoms with E-state index in [2.05, 4.69) is 13.2 Å². The number of aryl methyl sites for hydroxylation is 1. The largest absolute Gasteiger partial charge is 0.423 e. The molecule has 5 nitrogen and oxygen atoms in total. The van der Waals surface area contributed by atoms with E-state index in [4.69, 9.17) is 9.47 Å². The van der Waals surface area contributed by atoms with Crippen LogP contribution in [0.2, 0.25) is 0 Å². The minimum absolute atomic E-state index is 0.0534. The minimum Gasteiger partial charge on any atom is -0.423 e. The number of carbonyl (C=O) groups excluding carboxylic acids is 3. The van der Waals surface area contributed by atoms with E-state index in [1.807, 2.05) is 67.6 Å². The van der Waals surface area contributed by atoms with E-state index < -0.39 is 17.9 Å². The van der Waals surface area contributed by atoms with Gasteiger partial charge in [-0.3, -0.25) is 4.79 Å². The van der Waals surface area contributed by atoms with Gasteiger partial charge in [-0.2, -0.15) is 0 Å². The zero-order chi connectivity index (χ0) is 27.8. The van der Waals surface area contributed by atoms with E-state index in [0.717, 1.165) is 23.1 Å². The molecule has 0 saturated heterocycles. The Morgan fingerprint density at radius 1 is 0.744 bits per heavy atom. The van der Waals surface area contributed by atoms with Crippen LogP contribution in [-0.4, -0.2) is 17.7 Å². The predicted molar refractivity (Wildman–Crippen MR) is 151 cm³/mol. The van der Waals surface area contributed by atoms with Crippen LogP contribution in [0.1, 0.15) is 64.9 Å². The van der Waals surface area contributed by atoms with Crippen LogP contribution in [0, 0.1) is 0 Å². The topological polar surface area (TPSA) is 69.7 Å². The molecule has 39 heavy (non-hydrogen) atoms. The Bertz CT molecular complexity index is 1710. The first-order chi connectivity index (χ1) is 18.7. The first kappa shape index (κ1) is 25.9. The number of hydrogen-bond acceptors (Lipinski definition) is 5. The number of fused-ring (bicyclic) bond motifs is 3. The van der Waals surface area contributed by atoms with Crippen LogP contribution >= 0.6 is 0 Å². The number of rotatable bonds is 6. The van der Waals surface area contributed by atoms with Crippen LogP contribution in [0.4, 0.5) is 0 Å². The molecule has 5 rings (SSSR count). The van der Waals surface area contributed by atoms with Gasteiger partial charge in [0.25, 0.3) is 0 Å². The summed E-state index contributed by atoms with van der Waals surface area (Å²) in [5, 5.41) is 1.19. The second-order valence-electron chi connectivity index (χ2n) is 9.80. The Kier molecular flexibility index (Phi) is 6.75. The molecular weight excluding hydrogens is 488 g/mol. The molecule has 5 heteroatoms. The number of ether oxygens (including phenoxy) is 2. The summed E-state index contributed by atoms with van der Waals surface area (Å²) < 4.78 is 11.8. The van der Waals surface area contributed by atoms with Crippen molar-refractivity contribution < 1.29 is 23.9 Å². The van der Waals surface area contributed by atoms with Crippen molar-refractivity contribution >= 4 is 28.5 Å². The van der Waals surface area contributed by atoms with Gasteiger partial charge < -0.3 is 9.47 Å². The molecule has 0 saturated carbocycles. The SMILES string of the molecule is C=C(C)C(=O)Oc1cc(C2c3ccccc3C(=O)c3cc(CC)ccc32)c(OC(=O)C(=C)C)c2ccccc12. The van der Waals surface area contributed by atoms with Crippen molar-refractivity contribution in [2.45, 2.75) is 33.1 Å². The van der Waals surface area contributed by atoms with Crippen LogP contribution in [0.25, 0.3) is 10.8 Å². The molecule has 1 aliphatic carbocycles. The summed E-state index contributed by atoms with van der Waals surface area (Å²) in [6.45, 7) is 12.7. The number of ketones is 1. The molecule has 0 radical (unpaired) electrons. The van der Waals surface area contributed by atoms with Gasteiger partial charge in [-0.15, -0.1) is 0 Å². The second kappa shape index (κ2) is 10.2. The van der Waals surface area contributed by atoms with Crippen molar-refractivity contribution in [3.8, 4) is 11.5 Å². The molecule has 0 N–H and O–H groups in total. The summed E-state index contributed by atoms with van der Waals surface area (Å²) in [5.74, 6) is -1.03. The summed E-state index contributed by atoms with van der Waals surface area (Å²) in [4.78, 5) is 39.2. The number of hydrogen-bond donors (Lipinski definition) is 0. The normalized spacial score (nSPS) is 13.8. The number of esters is 2. The molecule has 1 unspecified atom stereocenters. The highest BCUT2D eigenvalue weighted by Crippen LogP contribution is 2.48. The van der Waals surface area contributed by atoms with E-state index in [1.54, 1.807) is 26.0 Å². The monoisotopic (exact) mass is 516 g/mol. The van der Waals surface area contributed by atoms with Crippen molar-refractivity contribution in [3.05, 3.63) is 130 Å². The van der Waals surface area contributed by atoms with E-state index >= 15 is 0 Å². The van der Waals surface area contributed by atoms with Crippen LogP contribution < -0.4 is 9.47 Å². The molecule has 0 aliphatic heterocycles. The Hall–Kier alpha value is -4.77. The van der Waals surface area contributed by atoms with Gasteiger partial charge in [0, 0.05) is 44.5 Å². The van der Waals surface area contributed by atoms with Crippen LogP contribution in [0.5, 0.6) is 11.5 Å². The average molecular weight is 517 g/mol. The summed E-state index contributed by atoms with van der Waals surface area (Å²) in [7, 11) is 0. The number of carbonyl (C=O) groups is 3. The zero-order valence-corrected chi connectivity index (χ0v) is 22.2. The van der Waals surface area contributed by atoms with Gasteiger partial charge in [-0.25, -0.2) is 9.59 Å². The fourth-order valence-electron chi connectivity index (χ4n) is 4.99. The molecule has 0 amide bonds. The van der Waals surface area contributed by atoms with Crippen molar-refractivity contribution in [3.63, 3.8) is 0 Å². The van der Waals surface area contributed by atoms with Gasteiger partial charge in [0.2, 0.25) is 0 Å². The lowest BCUT2D eigenvalue weighted by atomic mass is 9.73. The van der Waals surface area contributed by atoms with Gasteiger partial charge in [0.1, 0.15) is 11.5 Å². The molecule has 0 heterocycles. The van der Waals surface area contributed by atoms with E-state index in [1.165, 1.54) is 0 Å². The third-order valence-electron chi connectivity index (χ3n) is 6.99. The maximum absolute atomic E-state index is 13.6. The highest BCUT2D eigenvalue weighted by molar-refractivity contribution is 6.13. The van der Waals surface area contributed by atoms with Gasteiger partial charge >= 0.3 is 11.9 Å². The molecule has 0 bridgehead atoms. The number of benzene rings is 4. The minimum atomic E-state index is -0.574. The summed E-state index contributed by atoms with van der Waals surface area (Å²) in [6, 6.07) is 22.4. The van der Waals surface area contributed by atoms with E-state index in [9.17, 15) is 14.4 Å². The maximum Gasteiger partial charge on any atom is 0.338 e. The standard InChI is InChI=1S/C34H28O5/c1-6-21-15-16-24-27(17-21)31(35)25-13-9-8-12-23(25)30(24)28-18-29(38-33(36)19(2)3)22-11-7-10-14-26(22)32(28)39-34(37)20(4)5/h7-18,30H,2,4,6H2,1,3,5H3. The molecule has 4 aromatic rings. The van der Waals surface area contributed by atoms with Gasteiger partial charge in [0.15, 0.2) is 5.78 Å². The third-order valence-corrected chi connectivity index (χ3v) is 6.99. The van der Waals surface area contributed by atoms with Crippen molar-refractivity contribution in [1.29, 1.82) is 0 Å². The summed E-state index contributed by atoms with van der Waals surface area (Å²) >= 11 is 0. The molecule has 1 atom stereocenters. The Balaban J connectivity index is 1.87. The second-order valence-corrected chi connectivity index (χ2v) is 9.80. The van der Waals surface area contributed by atoms with Crippen molar-refractivity contribution in [1.82, 2.24) is 0 Å². The van der Waals surface area contributed by atoms with Crippen molar-refractivity contribution in [2.75, 3.05) is 0 Å². The molecule has 0 aromatic heterocycles. The lowest BCUT2D eigenvalue weighted by Gasteiger charge is -2.30. The van der Waals surface area contributed by atoms with E-state index in [-0.39, 0.29) is 16.9 Å². The Morgan fingerprint density at radius 3 is 2.05 bits per heavy atom. The van der Waals surface area contributed by atoms with Gasteiger partial charge in [-0.05, 0) is 49.1 Å². The molecule has 0 fully saturated rings. The summed E-state index contributed by atoms with van der Waals surface area (Å²) in [6.07, 6.45) is 0.783. The molecule has 4 aromatic carbocycles. The third kappa shape index (κ3) is 4.57. The smallest absolute Gasteiger partial charge is 0.338 e. The molecule has 1 aliphatic rings. The van der Waals surface area contributed by atoms with Crippen LogP contribution in [0.15, 0.2) is 97.1 Å². The highest BCUT2D eigenvalue weighted by Gasteiger charge is 2.35. The molecule has 194 valence electrons. The van der Waals surface area contributed by atoms with E-state index in [0.29, 0.717) is 39.0 Å². The fraction of sp³-hybridized carbons (Fsp3) is 0.147. The lowest BCUT2D eigenvalue weighted by Crippen LogP contribution is -2.22. The van der Waals surface area contributed by atoms with Crippen LogP contribution in [-0.2, 0) is 16.0 Å². The summed E-state index contributed by atoms with van der Waals surface area (Å²) in [5.41, 5.74) is 4.88. The average Bonchev–Trinajstić information content (AvgIpc) is 2.94. The first-order valence-corrected chi connectivity index (χ1v) is 12.8. The predicted octanol–water partition coefficient (Wildman–Crippen LogP) is 7.09. The fourth-order valence-corrected chi connectivity index (χ4v) is 4.99. The Morgan fingerprint density at radius 2 is 1.36 bits per heavy atom. The van der Waals surface area contributed by atoms with Gasteiger partial charge in [0.05, 0.1) is 0 Å². The highest BCUT2D eigenvalue weighted by atomic mass is 16.5. The molecule has 0 spiro atoms. The lowest BCUT2D eigenvalue weighted by molar-refractivity contribution is -0.131. The zero-order valence-electron chi connectivity index (χ0n) is 22.2. The van der Waals surface area contributed by atoms with Crippen molar-refractivity contribution in [2.24, 2.45) is 0 Å². The quantitative estimate of drug-likeness (QED) is 0.137. The first-order valence-electron chi connectivity index (χ1n) is 12.8. The maximum atomic E-state index is 13.6. The molecular formula is C34H28O5.